The van der Waals surface area contributed by atoms with Crippen LogP contribution in [0.15, 0.2) is 78.4 Å². The molecule has 1 aliphatic heterocycles. The summed E-state index contributed by atoms with van der Waals surface area (Å²) in [5.74, 6) is -1.80. The number of nitrogens with one attached hydrogen (secondary N) is 2. The van der Waals surface area contributed by atoms with Crippen molar-refractivity contribution in [2.75, 3.05) is 23.4 Å². The molecule has 0 atom stereocenters. The van der Waals surface area contributed by atoms with E-state index in [0.717, 1.165) is 4.90 Å². The van der Waals surface area contributed by atoms with Crippen molar-refractivity contribution in [3.63, 3.8) is 0 Å². The number of rotatable bonds is 8. The minimum atomic E-state index is -0.877. The van der Waals surface area contributed by atoms with Crippen molar-refractivity contribution in [1.82, 2.24) is 5.32 Å². The highest BCUT2D eigenvalue weighted by molar-refractivity contribution is 6.39. The van der Waals surface area contributed by atoms with E-state index in [9.17, 15) is 23.6 Å². The third-order valence-corrected chi connectivity index (χ3v) is 5.21. The van der Waals surface area contributed by atoms with E-state index in [1.807, 2.05) is 6.92 Å². The van der Waals surface area contributed by atoms with Gasteiger partial charge in [-0.25, -0.2) is 14.1 Å². The number of halogens is 1. The first-order valence-corrected chi connectivity index (χ1v) is 11.3. The summed E-state index contributed by atoms with van der Waals surface area (Å²) in [5.41, 5.74) is 0.706. The molecule has 4 rings (SSSR count). The summed E-state index contributed by atoms with van der Waals surface area (Å²) in [6, 6.07) is 17.2. The Bertz CT molecular complexity index is 1370. The number of amides is 5. The second-order valence-corrected chi connectivity index (χ2v) is 7.77. The average molecular weight is 503 g/mol. The summed E-state index contributed by atoms with van der Waals surface area (Å²) in [6.07, 6.45) is 1.29. The molecule has 9 nitrogen and oxygen atoms in total. The van der Waals surface area contributed by atoms with Crippen molar-refractivity contribution >= 4 is 41.2 Å². The Morgan fingerprint density at radius 3 is 2.38 bits per heavy atom. The molecule has 0 radical (unpaired) electrons. The molecule has 0 aliphatic carbocycles. The van der Waals surface area contributed by atoms with Crippen LogP contribution in [0.1, 0.15) is 12.5 Å². The Labute approximate surface area is 211 Å². The molecule has 3 aromatic carbocycles. The van der Waals surface area contributed by atoms with Crippen molar-refractivity contribution in [3.8, 4) is 11.5 Å². The molecule has 1 fully saturated rings. The van der Waals surface area contributed by atoms with Crippen LogP contribution in [0.25, 0.3) is 6.08 Å². The molecule has 37 heavy (non-hydrogen) atoms. The van der Waals surface area contributed by atoms with Gasteiger partial charge in [-0.3, -0.25) is 19.7 Å². The molecule has 188 valence electrons. The standard InChI is InChI=1S/C27H22FN3O6/c1-2-36-21-13-11-20(12-14-21)31-26(34)22(25(33)30-27(31)35)15-17-5-3-4-6-23(17)37-16-24(32)29-19-9-7-18(28)8-10-19/h3-15H,2,16H2,1H3,(H,29,32)(H,30,33,35)/b22-15+. The summed E-state index contributed by atoms with van der Waals surface area (Å²) in [6.45, 7) is 1.91. The maximum atomic E-state index is 13.2. The van der Waals surface area contributed by atoms with Crippen LogP contribution in [0.3, 0.4) is 0 Å². The van der Waals surface area contributed by atoms with Gasteiger partial charge in [-0.15, -0.1) is 0 Å². The zero-order valence-corrected chi connectivity index (χ0v) is 19.7. The smallest absolute Gasteiger partial charge is 0.335 e. The second-order valence-electron chi connectivity index (χ2n) is 7.77. The summed E-state index contributed by atoms with van der Waals surface area (Å²) >= 11 is 0. The fourth-order valence-electron chi connectivity index (χ4n) is 3.51. The van der Waals surface area contributed by atoms with E-state index in [0.29, 0.717) is 23.6 Å². The molecule has 3 aromatic rings. The van der Waals surface area contributed by atoms with Crippen LogP contribution in [-0.2, 0) is 14.4 Å². The Balaban J connectivity index is 1.52. The Morgan fingerprint density at radius 2 is 1.68 bits per heavy atom. The third-order valence-electron chi connectivity index (χ3n) is 5.21. The van der Waals surface area contributed by atoms with Crippen LogP contribution in [0.4, 0.5) is 20.6 Å². The number of carbonyl (C=O) groups excluding carboxylic acids is 4. The summed E-state index contributed by atoms with van der Waals surface area (Å²) in [5, 5.41) is 4.74. The van der Waals surface area contributed by atoms with Crippen LogP contribution in [0, 0.1) is 5.82 Å². The van der Waals surface area contributed by atoms with Gasteiger partial charge in [-0.2, -0.15) is 0 Å². The minimum absolute atomic E-state index is 0.231. The van der Waals surface area contributed by atoms with Gasteiger partial charge in [-0.05, 0) is 67.6 Å². The van der Waals surface area contributed by atoms with E-state index in [1.165, 1.54) is 42.5 Å². The summed E-state index contributed by atoms with van der Waals surface area (Å²) < 4.78 is 24.0. The van der Waals surface area contributed by atoms with E-state index in [4.69, 9.17) is 9.47 Å². The number of imide groups is 2. The molecule has 0 bridgehead atoms. The number of hydrogen-bond donors (Lipinski definition) is 2. The van der Waals surface area contributed by atoms with E-state index >= 15 is 0 Å². The first kappa shape index (κ1) is 25.1. The molecule has 1 aliphatic rings. The molecule has 5 amide bonds. The summed E-state index contributed by atoms with van der Waals surface area (Å²) in [4.78, 5) is 51.3. The molecule has 0 spiro atoms. The zero-order chi connectivity index (χ0) is 26.4. The van der Waals surface area contributed by atoms with Crippen molar-refractivity contribution in [2.24, 2.45) is 0 Å². The highest BCUT2D eigenvalue weighted by Gasteiger charge is 2.37. The number of urea groups is 1. The topological polar surface area (TPSA) is 114 Å². The molecule has 2 N–H and O–H groups in total. The lowest BCUT2D eigenvalue weighted by Crippen LogP contribution is -2.54. The lowest BCUT2D eigenvalue weighted by Gasteiger charge is -2.26. The van der Waals surface area contributed by atoms with Crippen LogP contribution in [0.5, 0.6) is 11.5 Å². The molecular formula is C27H22FN3O6. The third kappa shape index (κ3) is 5.99. The number of carbonyl (C=O) groups is 4. The van der Waals surface area contributed by atoms with Gasteiger partial charge in [0, 0.05) is 11.3 Å². The van der Waals surface area contributed by atoms with Crippen molar-refractivity contribution in [3.05, 3.63) is 89.8 Å². The van der Waals surface area contributed by atoms with Crippen molar-refractivity contribution in [2.45, 2.75) is 6.92 Å². The fraction of sp³-hybridized carbons (Fsp3) is 0.111. The van der Waals surface area contributed by atoms with E-state index in [1.54, 1.807) is 36.4 Å². The minimum Gasteiger partial charge on any atom is -0.494 e. The SMILES string of the molecule is CCOc1ccc(N2C(=O)NC(=O)/C(=C\c3ccccc3OCC(=O)Nc3ccc(F)cc3)C2=O)cc1. The van der Waals surface area contributed by atoms with Gasteiger partial charge in [0.1, 0.15) is 22.9 Å². The molecule has 10 heteroatoms. The highest BCUT2D eigenvalue weighted by atomic mass is 19.1. The van der Waals surface area contributed by atoms with Gasteiger partial charge in [0.25, 0.3) is 17.7 Å². The highest BCUT2D eigenvalue weighted by Crippen LogP contribution is 2.26. The first-order valence-electron chi connectivity index (χ1n) is 11.3. The van der Waals surface area contributed by atoms with E-state index in [2.05, 4.69) is 10.6 Å². The lowest BCUT2D eigenvalue weighted by atomic mass is 10.1. The van der Waals surface area contributed by atoms with Crippen LogP contribution in [-0.4, -0.2) is 37.0 Å². The van der Waals surface area contributed by atoms with Crippen LogP contribution >= 0.6 is 0 Å². The average Bonchev–Trinajstić information content (AvgIpc) is 2.88. The number of hydrogen-bond acceptors (Lipinski definition) is 6. The van der Waals surface area contributed by atoms with Crippen LogP contribution in [0.2, 0.25) is 0 Å². The normalized spacial score (nSPS) is 14.4. The van der Waals surface area contributed by atoms with Crippen molar-refractivity contribution < 1.29 is 33.0 Å². The lowest BCUT2D eigenvalue weighted by molar-refractivity contribution is -0.122. The number of benzene rings is 3. The van der Waals surface area contributed by atoms with Gasteiger partial charge in [0.15, 0.2) is 6.61 Å². The summed E-state index contributed by atoms with van der Waals surface area (Å²) in [7, 11) is 0. The maximum Gasteiger partial charge on any atom is 0.335 e. The predicted molar refractivity (Wildman–Crippen MR) is 134 cm³/mol. The number of ether oxygens (including phenoxy) is 2. The van der Waals surface area contributed by atoms with Gasteiger partial charge in [0.2, 0.25) is 0 Å². The van der Waals surface area contributed by atoms with Crippen molar-refractivity contribution in [1.29, 1.82) is 0 Å². The van der Waals surface area contributed by atoms with E-state index in [-0.39, 0.29) is 23.6 Å². The predicted octanol–water partition coefficient (Wildman–Crippen LogP) is 3.91. The number of barbiturate groups is 1. The monoisotopic (exact) mass is 503 g/mol. The number of anilines is 2. The molecular weight excluding hydrogens is 481 g/mol. The quantitative estimate of drug-likeness (QED) is 0.356. The second kappa shape index (κ2) is 11.2. The molecule has 0 saturated carbocycles. The van der Waals surface area contributed by atoms with Gasteiger partial charge >= 0.3 is 6.03 Å². The Morgan fingerprint density at radius 1 is 0.973 bits per heavy atom. The first-order chi connectivity index (χ1) is 17.9. The van der Waals surface area contributed by atoms with Gasteiger partial charge < -0.3 is 14.8 Å². The van der Waals surface area contributed by atoms with E-state index < -0.39 is 29.6 Å². The molecule has 1 saturated heterocycles. The van der Waals surface area contributed by atoms with Gasteiger partial charge in [0.05, 0.1) is 12.3 Å². The maximum absolute atomic E-state index is 13.2. The molecule has 0 aromatic heterocycles. The largest absolute Gasteiger partial charge is 0.494 e. The molecule has 1 heterocycles. The Kier molecular flexibility index (Phi) is 7.58. The fourth-order valence-corrected chi connectivity index (χ4v) is 3.51. The Hall–Kier alpha value is -4.99. The zero-order valence-electron chi connectivity index (χ0n) is 19.7. The number of para-hydroxylation sites is 1. The van der Waals surface area contributed by atoms with Crippen LogP contribution < -0.4 is 25.0 Å². The van der Waals surface area contributed by atoms with Gasteiger partial charge in [-0.1, -0.05) is 18.2 Å². The molecule has 0 unspecified atom stereocenters. The number of nitrogens with zero attached hydrogens (tertiary/aromatic N) is 1.